The maximum Gasteiger partial charge on any atom is 0.338 e. The molecule has 3 rings (SSSR count). The lowest BCUT2D eigenvalue weighted by atomic mass is 10.1. The van der Waals surface area contributed by atoms with Crippen LogP contribution >= 0.6 is 11.6 Å². The second-order valence-corrected chi connectivity index (χ2v) is 9.90. The number of anilines is 2. The number of rotatable bonds is 8. The molecule has 0 atom stereocenters. The number of halogens is 1. The van der Waals surface area contributed by atoms with Crippen LogP contribution in [0.5, 0.6) is 0 Å². The van der Waals surface area contributed by atoms with Gasteiger partial charge < -0.3 is 10.1 Å². The number of benzene rings is 3. The molecule has 0 heterocycles. The quantitative estimate of drug-likeness (QED) is 0.441. The largest absolute Gasteiger partial charge is 0.462 e. The number of ether oxygens (including phenoxy) is 1. The summed E-state index contributed by atoms with van der Waals surface area (Å²) in [6, 6.07) is 17.4. The highest BCUT2D eigenvalue weighted by molar-refractivity contribution is 7.92. The fraction of sp³-hybridized carbons (Fsp3) is 0.200. The standard InChI is InChI=1S/C25H25ClN2O5S/c1-4-33-25(30)19-11-10-18(3)23(14-19)27-24(29)16-28(21-7-5-6-20(26)15-21)34(31,32)22-12-8-17(2)9-13-22/h5-15H,4,16H2,1-3H3,(H,27,29). The Bertz CT molecular complexity index is 1310. The van der Waals surface area contributed by atoms with Crippen molar-refractivity contribution in [1.29, 1.82) is 0 Å². The van der Waals surface area contributed by atoms with Crippen LogP contribution in [0.4, 0.5) is 11.4 Å². The van der Waals surface area contributed by atoms with Crippen molar-refractivity contribution < 1.29 is 22.7 Å². The Morgan fingerprint density at radius 2 is 1.71 bits per heavy atom. The second kappa shape index (κ2) is 10.7. The predicted octanol–water partition coefficient (Wildman–Crippen LogP) is 4.97. The van der Waals surface area contributed by atoms with E-state index in [0.717, 1.165) is 9.87 Å². The molecule has 0 spiro atoms. The van der Waals surface area contributed by atoms with Gasteiger partial charge in [0.2, 0.25) is 5.91 Å². The number of hydrogen-bond donors (Lipinski definition) is 1. The first-order chi connectivity index (χ1) is 16.1. The Morgan fingerprint density at radius 1 is 1.00 bits per heavy atom. The monoisotopic (exact) mass is 500 g/mol. The number of carbonyl (C=O) groups excluding carboxylic acids is 2. The van der Waals surface area contributed by atoms with E-state index in [1.165, 1.54) is 24.3 Å². The smallest absolute Gasteiger partial charge is 0.338 e. The normalized spacial score (nSPS) is 11.1. The van der Waals surface area contributed by atoms with Crippen molar-refractivity contribution in [2.75, 3.05) is 22.8 Å². The minimum absolute atomic E-state index is 0.0476. The van der Waals surface area contributed by atoms with Gasteiger partial charge in [-0.25, -0.2) is 13.2 Å². The van der Waals surface area contributed by atoms with Crippen molar-refractivity contribution in [1.82, 2.24) is 0 Å². The van der Waals surface area contributed by atoms with E-state index in [1.54, 1.807) is 56.3 Å². The minimum Gasteiger partial charge on any atom is -0.462 e. The van der Waals surface area contributed by atoms with E-state index in [1.807, 2.05) is 6.92 Å². The lowest BCUT2D eigenvalue weighted by molar-refractivity contribution is -0.114. The minimum atomic E-state index is -4.07. The van der Waals surface area contributed by atoms with Gasteiger partial charge in [-0.05, 0) is 68.8 Å². The maximum atomic E-state index is 13.5. The zero-order chi connectivity index (χ0) is 24.9. The van der Waals surface area contributed by atoms with Crippen LogP contribution in [0, 0.1) is 13.8 Å². The van der Waals surface area contributed by atoms with Crippen LogP contribution in [0.2, 0.25) is 5.02 Å². The zero-order valence-corrected chi connectivity index (χ0v) is 20.6. The number of amides is 1. The summed E-state index contributed by atoms with van der Waals surface area (Å²) in [5.41, 5.74) is 2.52. The Balaban J connectivity index is 1.93. The van der Waals surface area contributed by atoms with E-state index < -0.39 is 28.4 Å². The van der Waals surface area contributed by atoms with E-state index in [9.17, 15) is 18.0 Å². The molecule has 0 radical (unpaired) electrons. The molecule has 3 aromatic rings. The van der Waals surface area contributed by atoms with Gasteiger partial charge in [-0.2, -0.15) is 0 Å². The van der Waals surface area contributed by atoms with Gasteiger partial charge in [-0.3, -0.25) is 9.10 Å². The van der Waals surface area contributed by atoms with E-state index in [2.05, 4.69) is 5.32 Å². The molecule has 9 heteroatoms. The summed E-state index contributed by atoms with van der Waals surface area (Å²) < 4.78 is 32.9. The summed E-state index contributed by atoms with van der Waals surface area (Å²) in [7, 11) is -4.07. The molecule has 0 unspecified atom stereocenters. The van der Waals surface area contributed by atoms with Crippen molar-refractivity contribution in [2.45, 2.75) is 25.7 Å². The molecular weight excluding hydrogens is 476 g/mol. The first-order valence-corrected chi connectivity index (χ1v) is 12.4. The molecule has 0 aliphatic carbocycles. The Labute approximate surface area is 204 Å². The molecule has 34 heavy (non-hydrogen) atoms. The van der Waals surface area contributed by atoms with Gasteiger partial charge in [0.15, 0.2) is 0 Å². The second-order valence-electron chi connectivity index (χ2n) is 7.60. The van der Waals surface area contributed by atoms with Crippen LogP contribution in [0.1, 0.15) is 28.4 Å². The average molecular weight is 501 g/mol. The number of nitrogens with one attached hydrogen (secondary N) is 1. The van der Waals surface area contributed by atoms with Crippen LogP contribution < -0.4 is 9.62 Å². The highest BCUT2D eigenvalue weighted by Gasteiger charge is 2.27. The summed E-state index contributed by atoms with van der Waals surface area (Å²) in [5.74, 6) is -1.10. The molecule has 0 aliphatic rings. The van der Waals surface area contributed by atoms with E-state index in [-0.39, 0.29) is 22.8 Å². The summed E-state index contributed by atoms with van der Waals surface area (Å²) in [6.45, 7) is 5.04. The van der Waals surface area contributed by atoms with Gasteiger partial charge in [0.1, 0.15) is 6.54 Å². The molecule has 1 amide bonds. The SMILES string of the molecule is CCOC(=O)c1ccc(C)c(NC(=O)CN(c2cccc(Cl)c2)S(=O)(=O)c2ccc(C)cc2)c1. The molecule has 178 valence electrons. The molecule has 0 saturated carbocycles. The number of aryl methyl sites for hydroxylation is 2. The average Bonchev–Trinajstić information content (AvgIpc) is 2.79. The summed E-state index contributed by atoms with van der Waals surface area (Å²) in [6.07, 6.45) is 0. The van der Waals surface area contributed by atoms with E-state index in [0.29, 0.717) is 16.3 Å². The van der Waals surface area contributed by atoms with Crippen molar-refractivity contribution in [3.05, 3.63) is 88.4 Å². The maximum absolute atomic E-state index is 13.5. The zero-order valence-electron chi connectivity index (χ0n) is 19.0. The van der Waals surface area contributed by atoms with Gasteiger partial charge in [0.25, 0.3) is 10.0 Å². The molecule has 0 aliphatic heterocycles. The van der Waals surface area contributed by atoms with Gasteiger partial charge in [0, 0.05) is 10.7 Å². The molecule has 0 fully saturated rings. The molecule has 0 bridgehead atoms. The highest BCUT2D eigenvalue weighted by Crippen LogP contribution is 2.27. The number of esters is 1. The van der Waals surface area contributed by atoms with Crippen LogP contribution in [-0.4, -0.2) is 33.4 Å². The fourth-order valence-electron chi connectivity index (χ4n) is 3.20. The first kappa shape index (κ1) is 25.3. The fourth-order valence-corrected chi connectivity index (χ4v) is 4.80. The van der Waals surface area contributed by atoms with Crippen molar-refractivity contribution in [2.24, 2.45) is 0 Å². The Kier molecular flexibility index (Phi) is 7.96. The number of sulfonamides is 1. The summed E-state index contributed by atoms with van der Waals surface area (Å²) >= 11 is 6.10. The van der Waals surface area contributed by atoms with Gasteiger partial charge in [0.05, 0.1) is 22.8 Å². The Morgan fingerprint density at radius 3 is 2.35 bits per heavy atom. The number of hydrogen-bond acceptors (Lipinski definition) is 5. The third kappa shape index (κ3) is 5.95. The van der Waals surface area contributed by atoms with Gasteiger partial charge in [-0.1, -0.05) is 41.4 Å². The molecule has 7 nitrogen and oxygen atoms in total. The van der Waals surface area contributed by atoms with Crippen molar-refractivity contribution in [3.8, 4) is 0 Å². The topological polar surface area (TPSA) is 92.8 Å². The van der Waals surface area contributed by atoms with Crippen LogP contribution in [0.15, 0.2) is 71.6 Å². The molecule has 1 N–H and O–H groups in total. The third-order valence-electron chi connectivity index (χ3n) is 5.02. The van der Waals surface area contributed by atoms with E-state index in [4.69, 9.17) is 16.3 Å². The lowest BCUT2D eigenvalue weighted by Crippen LogP contribution is -2.38. The van der Waals surface area contributed by atoms with Crippen LogP contribution in [0.3, 0.4) is 0 Å². The van der Waals surface area contributed by atoms with E-state index >= 15 is 0 Å². The van der Waals surface area contributed by atoms with Gasteiger partial charge >= 0.3 is 5.97 Å². The van der Waals surface area contributed by atoms with Crippen molar-refractivity contribution in [3.63, 3.8) is 0 Å². The summed E-state index contributed by atoms with van der Waals surface area (Å²) in [5, 5.41) is 3.04. The summed E-state index contributed by atoms with van der Waals surface area (Å²) in [4.78, 5) is 25.1. The molecule has 3 aromatic carbocycles. The van der Waals surface area contributed by atoms with Crippen molar-refractivity contribution >= 4 is 44.9 Å². The number of nitrogens with zero attached hydrogens (tertiary/aromatic N) is 1. The van der Waals surface area contributed by atoms with Crippen LogP contribution in [-0.2, 0) is 19.6 Å². The first-order valence-electron chi connectivity index (χ1n) is 10.5. The molecular formula is C25H25ClN2O5S. The van der Waals surface area contributed by atoms with Crippen LogP contribution in [0.25, 0.3) is 0 Å². The lowest BCUT2D eigenvalue weighted by Gasteiger charge is -2.24. The van der Waals surface area contributed by atoms with Gasteiger partial charge in [-0.15, -0.1) is 0 Å². The highest BCUT2D eigenvalue weighted by atomic mass is 35.5. The third-order valence-corrected chi connectivity index (χ3v) is 7.04. The Hall–Kier alpha value is -3.36. The number of carbonyl (C=O) groups is 2. The molecule has 0 aromatic heterocycles. The molecule has 0 saturated heterocycles. The predicted molar refractivity (Wildman–Crippen MR) is 133 cm³/mol.